The Morgan fingerprint density at radius 2 is 1.32 bits per heavy atom. The molecule has 1 saturated heterocycles. The normalized spacial score (nSPS) is 14.2. The number of carbonyl (C=O) groups is 2. The average molecular weight is 565 g/mol. The zero-order valence-electron chi connectivity index (χ0n) is 21.4. The molecule has 6 nitrogen and oxygen atoms in total. The van der Waals surface area contributed by atoms with Crippen molar-refractivity contribution in [1.82, 2.24) is 4.90 Å². The highest BCUT2D eigenvalue weighted by molar-refractivity contribution is 6.00. The van der Waals surface area contributed by atoms with E-state index in [1.165, 1.54) is 0 Å². The number of amides is 3. The van der Waals surface area contributed by atoms with Crippen LogP contribution in [0.15, 0.2) is 66.7 Å². The Morgan fingerprint density at radius 1 is 0.750 bits per heavy atom. The third kappa shape index (κ3) is 7.45. The lowest BCUT2D eigenvalue weighted by Gasteiger charge is -2.36. The fraction of sp³-hybridized carbons (Fsp3) is 0.286. The van der Waals surface area contributed by atoms with E-state index >= 15 is 0 Å². The zero-order chi connectivity index (χ0) is 29.1. The van der Waals surface area contributed by atoms with Gasteiger partial charge >= 0.3 is 18.4 Å². The smallest absolute Gasteiger partial charge is 0.368 e. The molecular formula is C28H26F6N4O2. The molecule has 3 aromatic rings. The largest absolute Gasteiger partial charge is 0.416 e. The van der Waals surface area contributed by atoms with E-state index in [9.17, 15) is 35.9 Å². The van der Waals surface area contributed by atoms with Crippen LogP contribution in [0.3, 0.4) is 0 Å². The second-order valence-corrected chi connectivity index (χ2v) is 9.45. The minimum absolute atomic E-state index is 0.0122. The number of hydrogen-bond donors (Lipinski definition) is 2. The van der Waals surface area contributed by atoms with Crippen LogP contribution in [0.4, 0.5) is 48.2 Å². The van der Waals surface area contributed by atoms with Crippen LogP contribution >= 0.6 is 0 Å². The number of rotatable bonds is 5. The average Bonchev–Trinajstić information content (AvgIpc) is 2.88. The molecule has 12 heteroatoms. The van der Waals surface area contributed by atoms with E-state index in [1.54, 1.807) is 24.3 Å². The van der Waals surface area contributed by atoms with E-state index in [-0.39, 0.29) is 17.7 Å². The van der Waals surface area contributed by atoms with Crippen molar-refractivity contribution >= 4 is 29.0 Å². The predicted molar refractivity (Wildman–Crippen MR) is 139 cm³/mol. The van der Waals surface area contributed by atoms with E-state index in [1.807, 2.05) is 41.4 Å². The van der Waals surface area contributed by atoms with Crippen molar-refractivity contribution in [2.75, 3.05) is 41.7 Å². The SMILES string of the molecule is Cc1cccc(CC(=O)N2CCN(c3ccc(NC(=O)Nc4cc(C(F)(F)F)cc(C(F)(F)F)c4)cc3)CC2)c1. The number of carbonyl (C=O) groups excluding carboxylic acids is 2. The van der Waals surface area contributed by atoms with Crippen molar-refractivity contribution in [3.8, 4) is 0 Å². The number of halogens is 6. The second-order valence-electron chi connectivity index (χ2n) is 9.45. The minimum Gasteiger partial charge on any atom is -0.368 e. The molecule has 2 N–H and O–H groups in total. The Labute approximate surface area is 226 Å². The minimum atomic E-state index is -5.02. The van der Waals surface area contributed by atoms with Gasteiger partial charge in [-0.05, 0) is 55.0 Å². The maximum absolute atomic E-state index is 13.1. The highest BCUT2D eigenvalue weighted by Gasteiger charge is 2.37. The van der Waals surface area contributed by atoms with Gasteiger partial charge in [0.05, 0.1) is 17.5 Å². The summed E-state index contributed by atoms with van der Waals surface area (Å²) < 4.78 is 78.3. The Balaban J connectivity index is 1.32. The van der Waals surface area contributed by atoms with Gasteiger partial charge in [-0.1, -0.05) is 29.8 Å². The molecule has 0 aliphatic carbocycles. The van der Waals surface area contributed by atoms with Crippen molar-refractivity contribution in [2.24, 2.45) is 0 Å². The van der Waals surface area contributed by atoms with E-state index in [4.69, 9.17) is 0 Å². The first-order valence-electron chi connectivity index (χ1n) is 12.3. The third-order valence-corrected chi connectivity index (χ3v) is 6.41. The number of nitrogens with zero attached hydrogens (tertiary/aromatic N) is 2. The zero-order valence-corrected chi connectivity index (χ0v) is 21.4. The molecular weight excluding hydrogens is 538 g/mol. The summed E-state index contributed by atoms with van der Waals surface area (Å²) in [5, 5.41) is 4.43. The van der Waals surface area contributed by atoms with Gasteiger partial charge in [0.25, 0.3) is 0 Å². The van der Waals surface area contributed by atoms with Crippen LogP contribution in [0, 0.1) is 6.92 Å². The number of benzene rings is 3. The summed E-state index contributed by atoms with van der Waals surface area (Å²) in [5.74, 6) is 0.0546. The van der Waals surface area contributed by atoms with Crippen LogP contribution in [0.1, 0.15) is 22.3 Å². The number of nitrogens with one attached hydrogen (secondary N) is 2. The van der Waals surface area contributed by atoms with E-state index in [0.717, 1.165) is 16.8 Å². The molecule has 1 aliphatic rings. The number of aryl methyl sites for hydroxylation is 1. The highest BCUT2D eigenvalue weighted by atomic mass is 19.4. The summed E-state index contributed by atoms with van der Waals surface area (Å²) in [6, 6.07) is 14.3. The molecule has 1 heterocycles. The maximum atomic E-state index is 13.1. The van der Waals surface area contributed by atoms with Crippen molar-refractivity contribution in [3.05, 3.63) is 89.0 Å². The summed E-state index contributed by atoms with van der Waals surface area (Å²) in [6.45, 7) is 4.27. The van der Waals surface area contributed by atoms with Crippen molar-refractivity contribution < 1.29 is 35.9 Å². The molecule has 40 heavy (non-hydrogen) atoms. The Bertz CT molecular complexity index is 1330. The summed E-state index contributed by atoms with van der Waals surface area (Å²) in [4.78, 5) is 28.9. The molecule has 1 fully saturated rings. The predicted octanol–water partition coefficient (Wildman–Crippen LogP) is 6.57. The number of hydrogen-bond acceptors (Lipinski definition) is 3. The molecule has 0 spiro atoms. The quantitative estimate of drug-likeness (QED) is 0.345. The molecule has 0 atom stereocenters. The van der Waals surface area contributed by atoms with E-state index < -0.39 is 35.2 Å². The lowest BCUT2D eigenvalue weighted by Crippen LogP contribution is -2.49. The van der Waals surface area contributed by atoms with Gasteiger partial charge in [-0.25, -0.2) is 4.79 Å². The van der Waals surface area contributed by atoms with Crippen LogP contribution in [0.2, 0.25) is 0 Å². The van der Waals surface area contributed by atoms with Crippen LogP contribution < -0.4 is 15.5 Å². The van der Waals surface area contributed by atoms with Gasteiger partial charge in [-0.2, -0.15) is 26.3 Å². The molecule has 0 radical (unpaired) electrons. The van der Waals surface area contributed by atoms with Gasteiger partial charge in [-0.3, -0.25) is 4.79 Å². The number of urea groups is 1. The summed E-state index contributed by atoms with van der Waals surface area (Å²) in [5.41, 5.74) is -0.519. The summed E-state index contributed by atoms with van der Waals surface area (Å²) in [7, 11) is 0. The first-order valence-corrected chi connectivity index (χ1v) is 12.3. The lowest BCUT2D eigenvalue weighted by atomic mass is 10.1. The highest BCUT2D eigenvalue weighted by Crippen LogP contribution is 2.37. The first-order chi connectivity index (χ1) is 18.8. The molecule has 0 unspecified atom stereocenters. The lowest BCUT2D eigenvalue weighted by molar-refractivity contribution is -0.143. The molecule has 3 aromatic carbocycles. The molecule has 4 rings (SSSR count). The van der Waals surface area contributed by atoms with E-state index in [0.29, 0.717) is 44.7 Å². The Kier molecular flexibility index (Phi) is 8.26. The standard InChI is InChI=1S/C28H26F6N4O2/c1-18-3-2-4-19(13-18)14-25(39)38-11-9-37(10-12-38)24-7-5-22(6-8-24)35-26(40)36-23-16-20(27(29,30)31)15-21(17-23)28(32,33)34/h2-8,13,15-17H,9-12,14H2,1H3,(H2,35,36,40). The van der Waals surface area contributed by atoms with Crippen molar-refractivity contribution in [2.45, 2.75) is 25.7 Å². The topological polar surface area (TPSA) is 64.7 Å². The molecule has 0 bridgehead atoms. The van der Waals surface area contributed by atoms with Crippen LogP contribution in [0.5, 0.6) is 0 Å². The van der Waals surface area contributed by atoms with Gasteiger partial charge < -0.3 is 20.4 Å². The number of anilines is 3. The maximum Gasteiger partial charge on any atom is 0.416 e. The summed E-state index contributed by atoms with van der Waals surface area (Å²) in [6.07, 6.45) is -9.71. The third-order valence-electron chi connectivity index (χ3n) is 6.41. The van der Waals surface area contributed by atoms with Crippen molar-refractivity contribution in [1.29, 1.82) is 0 Å². The fourth-order valence-electron chi connectivity index (χ4n) is 4.40. The van der Waals surface area contributed by atoms with Gasteiger partial charge in [0.1, 0.15) is 0 Å². The van der Waals surface area contributed by atoms with Crippen LogP contribution in [-0.4, -0.2) is 43.0 Å². The molecule has 0 saturated carbocycles. The van der Waals surface area contributed by atoms with Gasteiger partial charge in [-0.15, -0.1) is 0 Å². The van der Waals surface area contributed by atoms with Gasteiger partial charge in [0.2, 0.25) is 5.91 Å². The monoisotopic (exact) mass is 564 g/mol. The van der Waals surface area contributed by atoms with E-state index in [2.05, 4.69) is 10.2 Å². The first kappa shape index (κ1) is 28.8. The second kappa shape index (κ2) is 11.5. The molecule has 212 valence electrons. The fourth-order valence-corrected chi connectivity index (χ4v) is 4.40. The Morgan fingerprint density at radius 3 is 1.88 bits per heavy atom. The van der Waals surface area contributed by atoms with Gasteiger partial charge in [0.15, 0.2) is 0 Å². The van der Waals surface area contributed by atoms with Crippen molar-refractivity contribution in [3.63, 3.8) is 0 Å². The van der Waals surface area contributed by atoms with Crippen LogP contribution in [0.25, 0.3) is 0 Å². The number of alkyl halides is 6. The van der Waals surface area contributed by atoms with Crippen LogP contribution in [-0.2, 0) is 23.6 Å². The Hall–Kier alpha value is -4.22. The molecule has 1 aliphatic heterocycles. The summed E-state index contributed by atoms with van der Waals surface area (Å²) >= 11 is 0. The molecule has 0 aromatic heterocycles. The van der Waals surface area contributed by atoms with Gasteiger partial charge in [0, 0.05) is 43.2 Å². The number of piperazine rings is 1. The molecule has 3 amide bonds.